The summed E-state index contributed by atoms with van der Waals surface area (Å²) >= 11 is 0. The summed E-state index contributed by atoms with van der Waals surface area (Å²) in [5, 5.41) is 3.31. The lowest BCUT2D eigenvalue weighted by Gasteiger charge is -2.38. The smallest absolute Gasteiger partial charge is 0.322 e. The number of urea groups is 1. The summed E-state index contributed by atoms with van der Waals surface area (Å²) in [5.74, 6) is -0.977. The van der Waals surface area contributed by atoms with Crippen molar-refractivity contribution in [3.63, 3.8) is 0 Å². The SMILES string of the molecule is CCC1(C)NC(=O)N(NC(=O)CN2CCN(S(=O)(=O)N(C)C3CCCCC3)CC2)C1=O. The van der Waals surface area contributed by atoms with E-state index in [9.17, 15) is 22.8 Å². The maximum Gasteiger partial charge on any atom is 0.344 e. The second kappa shape index (κ2) is 9.39. The van der Waals surface area contributed by atoms with Crippen molar-refractivity contribution >= 4 is 28.1 Å². The van der Waals surface area contributed by atoms with Gasteiger partial charge in [-0.05, 0) is 26.2 Å². The van der Waals surface area contributed by atoms with Crippen molar-refractivity contribution in [1.29, 1.82) is 0 Å². The van der Waals surface area contributed by atoms with E-state index in [0.717, 1.165) is 37.1 Å². The van der Waals surface area contributed by atoms with Crippen molar-refractivity contribution in [2.45, 2.75) is 64.0 Å². The van der Waals surface area contributed by atoms with Crippen LogP contribution < -0.4 is 10.7 Å². The van der Waals surface area contributed by atoms with E-state index in [4.69, 9.17) is 0 Å². The zero-order valence-corrected chi connectivity index (χ0v) is 19.4. The minimum absolute atomic E-state index is 0.0216. The minimum atomic E-state index is -3.53. The Balaban J connectivity index is 1.49. The first kappa shape index (κ1) is 23.9. The van der Waals surface area contributed by atoms with E-state index < -0.39 is 33.6 Å². The van der Waals surface area contributed by atoms with Crippen LogP contribution in [0.25, 0.3) is 0 Å². The first-order valence-corrected chi connectivity index (χ1v) is 12.4. The molecule has 0 bridgehead atoms. The summed E-state index contributed by atoms with van der Waals surface area (Å²) in [7, 11) is -1.87. The second-order valence-corrected chi connectivity index (χ2v) is 10.8. The molecule has 0 radical (unpaired) electrons. The van der Waals surface area contributed by atoms with Crippen molar-refractivity contribution in [2.24, 2.45) is 0 Å². The Morgan fingerprint density at radius 3 is 2.32 bits per heavy atom. The lowest BCUT2D eigenvalue weighted by molar-refractivity contribution is -0.139. The summed E-state index contributed by atoms with van der Waals surface area (Å²) < 4.78 is 28.9. The normalized spacial score (nSPS) is 27.0. The molecule has 4 amide bonds. The fourth-order valence-electron chi connectivity index (χ4n) is 4.32. The van der Waals surface area contributed by atoms with Crippen molar-refractivity contribution in [3.05, 3.63) is 0 Å². The van der Waals surface area contributed by atoms with E-state index in [1.165, 1.54) is 8.61 Å². The molecular formula is C19H34N6O5S. The highest BCUT2D eigenvalue weighted by atomic mass is 32.2. The number of amides is 4. The van der Waals surface area contributed by atoms with Gasteiger partial charge in [-0.1, -0.05) is 26.2 Å². The lowest BCUT2D eigenvalue weighted by Crippen LogP contribution is -2.56. The average molecular weight is 459 g/mol. The maximum absolute atomic E-state index is 13.0. The van der Waals surface area contributed by atoms with Crippen molar-refractivity contribution in [2.75, 3.05) is 39.8 Å². The molecule has 1 atom stereocenters. The molecule has 1 unspecified atom stereocenters. The fraction of sp³-hybridized carbons (Fsp3) is 0.842. The molecule has 2 aliphatic heterocycles. The van der Waals surface area contributed by atoms with E-state index in [1.54, 1.807) is 20.9 Å². The van der Waals surface area contributed by atoms with Gasteiger partial charge in [0, 0.05) is 39.3 Å². The Labute approximate surface area is 184 Å². The van der Waals surface area contributed by atoms with Crippen LogP contribution in [0, 0.1) is 0 Å². The van der Waals surface area contributed by atoms with E-state index >= 15 is 0 Å². The van der Waals surface area contributed by atoms with Crippen LogP contribution in [0.3, 0.4) is 0 Å². The molecule has 3 aliphatic rings. The van der Waals surface area contributed by atoms with E-state index in [1.807, 2.05) is 4.90 Å². The molecule has 3 fully saturated rings. The molecule has 0 aromatic carbocycles. The van der Waals surface area contributed by atoms with Gasteiger partial charge >= 0.3 is 6.03 Å². The molecule has 1 aliphatic carbocycles. The zero-order chi connectivity index (χ0) is 22.8. The van der Waals surface area contributed by atoms with E-state index in [-0.39, 0.29) is 12.6 Å². The lowest BCUT2D eigenvalue weighted by atomic mass is 9.96. The molecule has 1 saturated carbocycles. The van der Waals surface area contributed by atoms with Gasteiger partial charge in [0.05, 0.1) is 6.54 Å². The van der Waals surface area contributed by atoms with Crippen LogP contribution in [0.15, 0.2) is 0 Å². The largest absolute Gasteiger partial charge is 0.344 e. The molecule has 11 nitrogen and oxygen atoms in total. The first-order chi connectivity index (χ1) is 14.6. The van der Waals surface area contributed by atoms with Crippen LogP contribution in [-0.2, 0) is 19.8 Å². The van der Waals surface area contributed by atoms with Crippen LogP contribution >= 0.6 is 0 Å². The average Bonchev–Trinajstić information content (AvgIpc) is 2.97. The number of piperazine rings is 1. The highest BCUT2D eigenvalue weighted by molar-refractivity contribution is 7.86. The van der Waals surface area contributed by atoms with Gasteiger partial charge in [0.1, 0.15) is 5.54 Å². The van der Waals surface area contributed by atoms with Gasteiger partial charge in [-0.2, -0.15) is 22.0 Å². The molecule has 31 heavy (non-hydrogen) atoms. The molecule has 3 rings (SSSR count). The predicted molar refractivity (Wildman–Crippen MR) is 114 cm³/mol. The standard InChI is InChI=1S/C19H34N6O5S/c1-4-19(2)17(27)25(18(28)20-19)21-16(26)14-23-10-12-24(13-11-23)31(29,30)22(3)15-8-6-5-7-9-15/h15H,4-14H2,1-3H3,(H,20,28)(H,21,26). The number of carbonyl (C=O) groups excluding carboxylic acids is 3. The second-order valence-electron chi connectivity index (χ2n) is 8.78. The number of hydrogen-bond donors (Lipinski definition) is 2. The molecule has 2 heterocycles. The Kier molecular flexibility index (Phi) is 7.24. The van der Waals surface area contributed by atoms with Crippen molar-refractivity contribution < 1.29 is 22.8 Å². The number of nitrogens with one attached hydrogen (secondary N) is 2. The number of rotatable bonds is 7. The Morgan fingerprint density at radius 2 is 1.77 bits per heavy atom. The van der Waals surface area contributed by atoms with Crippen LogP contribution in [-0.4, -0.2) is 96.1 Å². The Bertz CT molecular complexity index is 807. The molecule has 2 saturated heterocycles. The monoisotopic (exact) mass is 458 g/mol. The Hall–Kier alpha value is -1.76. The summed E-state index contributed by atoms with van der Waals surface area (Å²) in [6.45, 7) is 4.77. The van der Waals surface area contributed by atoms with Gasteiger partial charge in [-0.3, -0.25) is 19.9 Å². The van der Waals surface area contributed by atoms with Crippen LogP contribution in [0.1, 0.15) is 52.4 Å². The van der Waals surface area contributed by atoms with Crippen molar-refractivity contribution in [3.8, 4) is 0 Å². The Morgan fingerprint density at radius 1 is 1.16 bits per heavy atom. The van der Waals surface area contributed by atoms with Crippen molar-refractivity contribution in [1.82, 2.24) is 29.3 Å². The van der Waals surface area contributed by atoms with Crippen LogP contribution in [0.4, 0.5) is 4.79 Å². The van der Waals surface area contributed by atoms with Gasteiger partial charge in [-0.25, -0.2) is 4.79 Å². The molecule has 0 spiro atoms. The maximum atomic E-state index is 13.0. The summed E-state index contributed by atoms with van der Waals surface area (Å²) in [6, 6.07) is -0.593. The quantitative estimate of drug-likeness (QED) is 0.512. The molecule has 12 heteroatoms. The molecular weight excluding hydrogens is 424 g/mol. The number of nitrogens with zero attached hydrogens (tertiary/aromatic N) is 4. The third kappa shape index (κ3) is 5.02. The number of hydrogen-bond acceptors (Lipinski definition) is 6. The third-order valence-corrected chi connectivity index (χ3v) is 8.73. The topological polar surface area (TPSA) is 122 Å². The number of carbonyl (C=O) groups is 3. The van der Waals surface area contributed by atoms with Gasteiger partial charge < -0.3 is 5.32 Å². The van der Waals surface area contributed by atoms with Gasteiger partial charge in [0.2, 0.25) is 0 Å². The predicted octanol–water partition coefficient (Wildman–Crippen LogP) is -0.135. The first-order valence-electron chi connectivity index (χ1n) is 11.0. The zero-order valence-electron chi connectivity index (χ0n) is 18.6. The molecule has 176 valence electrons. The minimum Gasteiger partial charge on any atom is -0.322 e. The third-order valence-electron chi connectivity index (χ3n) is 6.68. The van der Waals surface area contributed by atoms with E-state index in [2.05, 4.69) is 10.7 Å². The highest BCUT2D eigenvalue weighted by Gasteiger charge is 2.47. The van der Waals surface area contributed by atoms with Crippen LogP contribution in [0.2, 0.25) is 0 Å². The number of imide groups is 1. The van der Waals surface area contributed by atoms with E-state index in [0.29, 0.717) is 32.6 Å². The van der Waals surface area contributed by atoms with Gasteiger partial charge in [0.15, 0.2) is 0 Å². The molecule has 2 N–H and O–H groups in total. The van der Waals surface area contributed by atoms with Gasteiger partial charge in [0.25, 0.3) is 22.0 Å². The summed E-state index contributed by atoms with van der Waals surface area (Å²) in [6.07, 6.45) is 5.49. The summed E-state index contributed by atoms with van der Waals surface area (Å²) in [5.41, 5.74) is 1.35. The fourth-order valence-corrected chi connectivity index (χ4v) is 5.90. The summed E-state index contributed by atoms with van der Waals surface area (Å²) in [4.78, 5) is 38.6. The molecule has 0 aromatic heterocycles. The highest BCUT2D eigenvalue weighted by Crippen LogP contribution is 2.25. The number of hydrazine groups is 1. The molecule has 0 aromatic rings. The van der Waals surface area contributed by atoms with Crippen LogP contribution in [0.5, 0.6) is 0 Å². The van der Waals surface area contributed by atoms with Gasteiger partial charge in [-0.15, -0.1) is 0 Å².